The van der Waals surface area contributed by atoms with Gasteiger partial charge in [0, 0.05) is 11.8 Å². The van der Waals surface area contributed by atoms with Gasteiger partial charge in [-0.05, 0) is 19.1 Å². The van der Waals surface area contributed by atoms with Crippen LogP contribution in [0.4, 0.5) is 17.2 Å². The molecule has 2 rings (SSSR count). The highest BCUT2D eigenvalue weighted by molar-refractivity contribution is 5.65. The predicted octanol–water partition coefficient (Wildman–Crippen LogP) is 2.91. The first-order valence-electron chi connectivity index (χ1n) is 5.50. The predicted molar refractivity (Wildman–Crippen MR) is 70.1 cm³/mol. The van der Waals surface area contributed by atoms with Crippen LogP contribution in [0.25, 0.3) is 0 Å². The molecule has 0 aliphatic carbocycles. The van der Waals surface area contributed by atoms with E-state index in [1.165, 1.54) is 13.0 Å². The Morgan fingerprint density at radius 2 is 2.05 bits per heavy atom. The summed E-state index contributed by atoms with van der Waals surface area (Å²) in [5.74, 6) is 0.316. The fourth-order valence-corrected chi connectivity index (χ4v) is 1.62. The summed E-state index contributed by atoms with van der Waals surface area (Å²) < 4.78 is 0. The molecule has 6 heteroatoms. The number of anilines is 2. The number of para-hydroxylation sites is 1. The van der Waals surface area contributed by atoms with E-state index in [1.54, 1.807) is 0 Å². The molecule has 0 aliphatic rings. The molecule has 0 aliphatic heterocycles. The molecule has 2 aromatic rings. The molecule has 1 aromatic heterocycles. The zero-order valence-corrected chi connectivity index (χ0v) is 10.1. The fourth-order valence-electron chi connectivity index (χ4n) is 1.62. The van der Waals surface area contributed by atoms with Crippen LogP contribution in [-0.4, -0.2) is 9.91 Å². The molecule has 6 nitrogen and oxygen atoms in total. The summed E-state index contributed by atoms with van der Waals surface area (Å²) in [6.45, 7) is 1.54. The summed E-state index contributed by atoms with van der Waals surface area (Å²) in [6.07, 6.45) is 0. The average Bonchev–Trinajstić information content (AvgIpc) is 2.39. The lowest BCUT2D eigenvalue weighted by molar-refractivity contribution is -0.385. The van der Waals surface area contributed by atoms with E-state index in [0.717, 1.165) is 5.69 Å². The fraction of sp³-hybridized carbons (Fsp3) is 0.0769. The van der Waals surface area contributed by atoms with Gasteiger partial charge < -0.3 is 5.32 Å². The molecular formula is C13H10N4O2. The molecular weight excluding hydrogens is 244 g/mol. The van der Waals surface area contributed by atoms with E-state index in [0.29, 0.717) is 5.82 Å². The maximum absolute atomic E-state index is 10.8. The van der Waals surface area contributed by atoms with E-state index in [4.69, 9.17) is 5.26 Å². The van der Waals surface area contributed by atoms with Gasteiger partial charge >= 0.3 is 0 Å². The number of nitro groups is 1. The lowest BCUT2D eigenvalue weighted by Crippen LogP contribution is -2.02. The summed E-state index contributed by atoms with van der Waals surface area (Å²) in [5, 5.41) is 22.8. The highest BCUT2D eigenvalue weighted by atomic mass is 16.6. The van der Waals surface area contributed by atoms with Crippen LogP contribution >= 0.6 is 0 Å². The van der Waals surface area contributed by atoms with Crippen molar-refractivity contribution in [2.75, 3.05) is 5.32 Å². The Hall–Kier alpha value is -2.94. The van der Waals surface area contributed by atoms with E-state index in [1.807, 2.05) is 36.4 Å². The van der Waals surface area contributed by atoms with Gasteiger partial charge in [0.25, 0.3) is 5.69 Å². The van der Waals surface area contributed by atoms with E-state index >= 15 is 0 Å². The molecule has 1 N–H and O–H groups in total. The zero-order valence-electron chi connectivity index (χ0n) is 10.1. The summed E-state index contributed by atoms with van der Waals surface area (Å²) >= 11 is 0. The molecule has 1 heterocycles. The number of rotatable bonds is 3. The normalized spacial score (nSPS) is 9.68. The van der Waals surface area contributed by atoms with Crippen molar-refractivity contribution in [2.45, 2.75) is 6.92 Å². The number of hydrogen-bond acceptors (Lipinski definition) is 5. The van der Waals surface area contributed by atoms with Crippen molar-refractivity contribution in [3.63, 3.8) is 0 Å². The maximum atomic E-state index is 10.8. The van der Waals surface area contributed by atoms with Crippen LogP contribution in [-0.2, 0) is 0 Å². The maximum Gasteiger partial charge on any atom is 0.291 e. The monoisotopic (exact) mass is 254 g/mol. The first kappa shape index (κ1) is 12.5. The molecule has 0 saturated heterocycles. The number of benzene rings is 1. The quantitative estimate of drug-likeness (QED) is 0.671. The van der Waals surface area contributed by atoms with Gasteiger partial charge in [0.1, 0.15) is 23.1 Å². The second-order valence-corrected chi connectivity index (χ2v) is 3.85. The molecule has 0 amide bonds. The lowest BCUT2D eigenvalue weighted by atomic mass is 10.2. The topological polar surface area (TPSA) is 91.8 Å². The van der Waals surface area contributed by atoms with Crippen molar-refractivity contribution in [1.82, 2.24) is 4.98 Å². The van der Waals surface area contributed by atoms with Gasteiger partial charge in [-0.25, -0.2) is 4.98 Å². The van der Waals surface area contributed by atoms with E-state index in [9.17, 15) is 10.1 Å². The van der Waals surface area contributed by atoms with Gasteiger partial charge in [0.05, 0.1) is 4.92 Å². The third kappa shape index (κ3) is 2.66. The number of nitrogens with zero attached hydrogens (tertiary/aromatic N) is 3. The van der Waals surface area contributed by atoms with E-state index in [-0.39, 0.29) is 16.9 Å². The van der Waals surface area contributed by atoms with Crippen molar-refractivity contribution in [3.05, 3.63) is 57.8 Å². The summed E-state index contributed by atoms with van der Waals surface area (Å²) in [6, 6.07) is 12.3. The highest BCUT2D eigenvalue weighted by Gasteiger charge is 2.16. The van der Waals surface area contributed by atoms with E-state index < -0.39 is 4.92 Å². The average molecular weight is 254 g/mol. The largest absolute Gasteiger partial charge is 0.339 e. The van der Waals surface area contributed by atoms with Crippen molar-refractivity contribution >= 4 is 17.2 Å². The van der Waals surface area contributed by atoms with Gasteiger partial charge in [-0.15, -0.1) is 0 Å². The molecule has 19 heavy (non-hydrogen) atoms. The van der Waals surface area contributed by atoms with Crippen molar-refractivity contribution in [3.8, 4) is 6.07 Å². The van der Waals surface area contributed by atoms with Gasteiger partial charge in [-0.2, -0.15) is 5.26 Å². The van der Waals surface area contributed by atoms with Crippen molar-refractivity contribution < 1.29 is 4.92 Å². The molecule has 1 aromatic carbocycles. The molecule has 0 spiro atoms. The first-order chi connectivity index (χ1) is 9.11. The molecule has 94 valence electrons. The Morgan fingerprint density at radius 3 is 2.63 bits per heavy atom. The Kier molecular flexibility index (Phi) is 3.39. The summed E-state index contributed by atoms with van der Waals surface area (Å²) in [4.78, 5) is 14.3. The van der Waals surface area contributed by atoms with Crippen LogP contribution in [0.15, 0.2) is 36.4 Å². The molecule has 0 fully saturated rings. The number of nitriles is 1. The standard InChI is InChI=1S/C13H10N4O2/c1-9-12(17(18)19)7-10(8-14)13(15-9)16-11-5-3-2-4-6-11/h2-7H,1H3,(H,15,16). The van der Waals surface area contributed by atoms with Crippen LogP contribution in [0.5, 0.6) is 0 Å². The minimum Gasteiger partial charge on any atom is -0.339 e. The molecule has 0 saturated carbocycles. The molecule has 0 atom stereocenters. The number of pyridine rings is 1. The van der Waals surface area contributed by atoms with Crippen molar-refractivity contribution in [1.29, 1.82) is 5.26 Å². The Morgan fingerprint density at radius 1 is 1.37 bits per heavy atom. The van der Waals surface area contributed by atoms with Gasteiger partial charge in [0.2, 0.25) is 0 Å². The summed E-state index contributed by atoms with van der Waals surface area (Å²) in [7, 11) is 0. The Bertz CT molecular complexity index is 662. The SMILES string of the molecule is Cc1nc(Nc2ccccc2)c(C#N)cc1[N+](=O)[O-]. The van der Waals surface area contributed by atoms with Crippen LogP contribution in [0.3, 0.4) is 0 Å². The lowest BCUT2D eigenvalue weighted by Gasteiger charge is -2.08. The number of aromatic nitrogens is 1. The second-order valence-electron chi connectivity index (χ2n) is 3.85. The van der Waals surface area contributed by atoms with Crippen LogP contribution in [0.1, 0.15) is 11.3 Å². The molecule has 0 unspecified atom stereocenters. The Balaban J connectivity index is 2.44. The minimum absolute atomic E-state index is 0.140. The molecule has 0 radical (unpaired) electrons. The second kappa shape index (κ2) is 5.14. The molecule has 0 bridgehead atoms. The third-order valence-electron chi connectivity index (χ3n) is 2.54. The zero-order chi connectivity index (χ0) is 13.8. The third-order valence-corrected chi connectivity index (χ3v) is 2.54. The Labute approximate surface area is 109 Å². The number of hydrogen-bond donors (Lipinski definition) is 1. The van der Waals surface area contributed by atoms with Gasteiger partial charge in [-0.1, -0.05) is 18.2 Å². The smallest absolute Gasteiger partial charge is 0.291 e. The summed E-state index contributed by atoms with van der Waals surface area (Å²) in [5.41, 5.74) is 1.01. The number of aryl methyl sites for hydroxylation is 1. The van der Waals surface area contributed by atoms with Crippen LogP contribution in [0, 0.1) is 28.4 Å². The van der Waals surface area contributed by atoms with Crippen molar-refractivity contribution in [2.24, 2.45) is 0 Å². The van der Waals surface area contributed by atoms with Gasteiger partial charge in [0.15, 0.2) is 0 Å². The van der Waals surface area contributed by atoms with Gasteiger partial charge in [-0.3, -0.25) is 10.1 Å². The highest BCUT2D eigenvalue weighted by Crippen LogP contribution is 2.24. The van der Waals surface area contributed by atoms with E-state index in [2.05, 4.69) is 10.3 Å². The van der Waals surface area contributed by atoms with Crippen LogP contribution < -0.4 is 5.32 Å². The number of nitrogens with one attached hydrogen (secondary N) is 1. The minimum atomic E-state index is -0.546. The van der Waals surface area contributed by atoms with Crippen LogP contribution in [0.2, 0.25) is 0 Å². The first-order valence-corrected chi connectivity index (χ1v) is 5.50.